The fraction of sp³-hybridized carbons (Fsp3) is 0.286. The summed E-state index contributed by atoms with van der Waals surface area (Å²) in [5.74, 6) is 0.702. The Balaban J connectivity index is 2.32. The molecule has 0 spiro atoms. The number of nitro groups is 1. The van der Waals surface area contributed by atoms with Crippen LogP contribution in [0.25, 0.3) is 0 Å². The van der Waals surface area contributed by atoms with Crippen molar-refractivity contribution in [1.82, 2.24) is 5.16 Å². The standard InChI is InChI=1S/C14H14N4O3/c1-8(14-9(2)17-21-10(14)3)16-13-5-4-12(18(19)20)6-11(13)7-15/h4-6,8,16H,1-3H3. The van der Waals surface area contributed by atoms with Crippen LogP contribution in [0.2, 0.25) is 0 Å². The van der Waals surface area contributed by atoms with Crippen molar-refractivity contribution in [2.45, 2.75) is 26.8 Å². The number of aromatic nitrogens is 1. The molecule has 1 unspecified atom stereocenters. The van der Waals surface area contributed by atoms with Crippen molar-refractivity contribution in [2.75, 3.05) is 5.32 Å². The summed E-state index contributed by atoms with van der Waals surface area (Å²) in [6, 6.07) is 5.98. The molecule has 0 saturated heterocycles. The number of nitrogens with zero attached hydrogens (tertiary/aromatic N) is 3. The normalized spacial score (nSPS) is 11.7. The van der Waals surface area contributed by atoms with Crippen LogP contribution in [-0.2, 0) is 0 Å². The molecular weight excluding hydrogens is 272 g/mol. The summed E-state index contributed by atoms with van der Waals surface area (Å²) in [4.78, 5) is 10.2. The first-order valence-electron chi connectivity index (χ1n) is 6.32. The highest BCUT2D eigenvalue weighted by atomic mass is 16.6. The Labute approximate surface area is 121 Å². The number of aryl methyl sites for hydroxylation is 2. The summed E-state index contributed by atoms with van der Waals surface area (Å²) in [7, 11) is 0. The molecule has 7 nitrogen and oxygen atoms in total. The van der Waals surface area contributed by atoms with E-state index in [1.807, 2.05) is 26.8 Å². The van der Waals surface area contributed by atoms with Crippen LogP contribution in [0.15, 0.2) is 22.7 Å². The van der Waals surface area contributed by atoms with E-state index < -0.39 is 4.92 Å². The number of nitro benzene ring substituents is 1. The van der Waals surface area contributed by atoms with E-state index in [1.165, 1.54) is 18.2 Å². The van der Waals surface area contributed by atoms with Crippen LogP contribution in [0.1, 0.15) is 35.5 Å². The third kappa shape index (κ3) is 2.84. The molecule has 0 aliphatic heterocycles. The van der Waals surface area contributed by atoms with Gasteiger partial charge < -0.3 is 9.84 Å². The molecule has 1 heterocycles. The minimum Gasteiger partial charge on any atom is -0.377 e. The van der Waals surface area contributed by atoms with Crippen LogP contribution in [0.3, 0.4) is 0 Å². The molecule has 0 aliphatic carbocycles. The molecule has 2 rings (SSSR count). The Hall–Kier alpha value is -2.88. The molecule has 21 heavy (non-hydrogen) atoms. The summed E-state index contributed by atoms with van der Waals surface area (Å²) in [6.45, 7) is 5.56. The lowest BCUT2D eigenvalue weighted by atomic mass is 10.1. The minimum atomic E-state index is -0.525. The van der Waals surface area contributed by atoms with Gasteiger partial charge in [-0.25, -0.2) is 0 Å². The number of nitriles is 1. The van der Waals surface area contributed by atoms with Gasteiger partial charge in [0.1, 0.15) is 11.8 Å². The molecule has 0 saturated carbocycles. The van der Waals surface area contributed by atoms with Gasteiger partial charge in [0.05, 0.1) is 27.9 Å². The molecule has 0 bridgehead atoms. The Morgan fingerprint density at radius 1 is 1.48 bits per heavy atom. The van der Waals surface area contributed by atoms with Crippen molar-refractivity contribution in [3.63, 3.8) is 0 Å². The van der Waals surface area contributed by atoms with Crippen LogP contribution in [-0.4, -0.2) is 10.1 Å². The highest BCUT2D eigenvalue weighted by Gasteiger charge is 2.18. The zero-order valence-corrected chi connectivity index (χ0v) is 11.9. The maximum Gasteiger partial charge on any atom is 0.270 e. The predicted molar refractivity (Wildman–Crippen MR) is 75.8 cm³/mol. The maximum absolute atomic E-state index is 10.7. The molecule has 0 amide bonds. The number of hydrogen-bond donors (Lipinski definition) is 1. The van der Waals surface area contributed by atoms with Gasteiger partial charge in [0, 0.05) is 17.7 Å². The largest absolute Gasteiger partial charge is 0.377 e. The van der Waals surface area contributed by atoms with Crippen LogP contribution in [0.5, 0.6) is 0 Å². The van der Waals surface area contributed by atoms with Crippen LogP contribution in [0.4, 0.5) is 11.4 Å². The molecule has 2 aromatic rings. The first-order valence-corrected chi connectivity index (χ1v) is 6.32. The SMILES string of the molecule is Cc1noc(C)c1C(C)Nc1ccc([N+](=O)[O-])cc1C#N. The third-order valence-electron chi connectivity index (χ3n) is 3.23. The fourth-order valence-electron chi connectivity index (χ4n) is 2.28. The lowest BCUT2D eigenvalue weighted by molar-refractivity contribution is -0.384. The topological polar surface area (TPSA) is 105 Å². The molecule has 0 radical (unpaired) electrons. The smallest absolute Gasteiger partial charge is 0.270 e. The highest BCUT2D eigenvalue weighted by molar-refractivity contribution is 5.62. The zero-order valence-electron chi connectivity index (χ0n) is 11.9. The van der Waals surface area contributed by atoms with Crippen molar-refractivity contribution < 1.29 is 9.45 Å². The Morgan fingerprint density at radius 2 is 2.19 bits per heavy atom. The number of anilines is 1. The third-order valence-corrected chi connectivity index (χ3v) is 3.23. The molecule has 1 atom stereocenters. The summed E-state index contributed by atoms with van der Waals surface area (Å²) in [5, 5.41) is 26.9. The number of benzene rings is 1. The van der Waals surface area contributed by atoms with E-state index in [4.69, 9.17) is 9.78 Å². The van der Waals surface area contributed by atoms with Crippen LogP contribution < -0.4 is 5.32 Å². The first-order chi connectivity index (χ1) is 9.93. The molecule has 0 fully saturated rings. The molecule has 108 valence electrons. The molecule has 1 aromatic heterocycles. The van der Waals surface area contributed by atoms with Gasteiger partial charge in [0.2, 0.25) is 0 Å². The summed E-state index contributed by atoms with van der Waals surface area (Å²) < 4.78 is 5.12. The van der Waals surface area contributed by atoms with E-state index in [9.17, 15) is 10.1 Å². The second kappa shape index (κ2) is 5.63. The number of hydrogen-bond acceptors (Lipinski definition) is 6. The summed E-state index contributed by atoms with van der Waals surface area (Å²) >= 11 is 0. The predicted octanol–water partition coefficient (Wildman–Crippen LogP) is 3.24. The van der Waals surface area contributed by atoms with E-state index in [2.05, 4.69) is 10.5 Å². The number of rotatable bonds is 4. The van der Waals surface area contributed by atoms with Gasteiger partial charge in [0.15, 0.2) is 0 Å². The Bertz CT molecular complexity index is 711. The lowest BCUT2D eigenvalue weighted by Gasteiger charge is -2.16. The average Bonchev–Trinajstić information content (AvgIpc) is 2.78. The van der Waals surface area contributed by atoms with Crippen molar-refractivity contribution in [2.24, 2.45) is 0 Å². The van der Waals surface area contributed by atoms with Gasteiger partial charge >= 0.3 is 0 Å². The van der Waals surface area contributed by atoms with Gasteiger partial charge in [-0.15, -0.1) is 0 Å². The van der Waals surface area contributed by atoms with Crippen molar-refractivity contribution in [1.29, 1.82) is 5.26 Å². The van der Waals surface area contributed by atoms with Crippen molar-refractivity contribution in [3.8, 4) is 6.07 Å². The van der Waals surface area contributed by atoms with Gasteiger partial charge in [-0.1, -0.05) is 5.16 Å². The van der Waals surface area contributed by atoms with Crippen molar-refractivity contribution in [3.05, 3.63) is 50.9 Å². The van der Waals surface area contributed by atoms with E-state index in [0.717, 1.165) is 11.3 Å². The van der Waals surface area contributed by atoms with Gasteiger partial charge in [-0.05, 0) is 26.8 Å². The summed E-state index contributed by atoms with van der Waals surface area (Å²) in [6.07, 6.45) is 0. The molecule has 0 aliphatic rings. The first kappa shape index (κ1) is 14.5. The second-order valence-corrected chi connectivity index (χ2v) is 4.70. The van der Waals surface area contributed by atoms with Gasteiger partial charge in [0.25, 0.3) is 5.69 Å². The summed E-state index contributed by atoms with van der Waals surface area (Å²) in [5.41, 5.74) is 2.34. The van der Waals surface area contributed by atoms with Crippen molar-refractivity contribution >= 4 is 11.4 Å². The number of non-ortho nitro benzene ring substituents is 1. The zero-order chi connectivity index (χ0) is 15.6. The second-order valence-electron chi connectivity index (χ2n) is 4.70. The molecule has 1 N–H and O–H groups in total. The van der Waals surface area contributed by atoms with Crippen LogP contribution in [0, 0.1) is 35.3 Å². The highest BCUT2D eigenvalue weighted by Crippen LogP contribution is 2.28. The van der Waals surface area contributed by atoms with E-state index in [-0.39, 0.29) is 17.3 Å². The Morgan fingerprint density at radius 3 is 2.71 bits per heavy atom. The molecular formula is C14H14N4O3. The monoisotopic (exact) mass is 286 g/mol. The van der Waals surface area contributed by atoms with E-state index >= 15 is 0 Å². The van der Waals surface area contributed by atoms with Crippen LogP contribution >= 0.6 is 0 Å². The average molecular weight is 286 g/mol. The fourth-order valence-corrected chi connectivity index (χ4v) is 2.28. The number of nitrogens with one attached hydrogen (secondary N) is 1. The van der Waals surface area contributed by atoms with E-state index in [0.29, 0.717) is 11.4 Å². The molecule has 7 heteroatoms. The molecule has 1 aromatic carbocycles. The van der Waals surface area contributed by atoms with Gasteiger partial charge in [-0.2, -0.15) is 5.26 Å². The Kier molecular flexibility index (Phi) is 3.89. The van der Waals surface area contributed by atoms with E-state index in [1.54, 1.807) is 0 Å². The van der Waals surface area contributed by atoms with Gasteiger partial charge in [-0.3, -0.25) is 10.1 Å². The quantitative estimate of drug-likeness (QED) is 0.683. The minimum absolute atomic E-state index is 0.109. The lowest BCUT2D eigenvalue weighted by Crippen LogP contribution is -2.09. The maximum atomic E-state index is 10.7.